The number of pyridine rings is 1. The van der Waals surface area contributed by atoms with Crippen LogP contribution < -0.4 is 15.9 Å². The molecule has 29 heavy (non-hydrogen) atoms. The topological polar surface area (TPSA) is 66.0 Å². The first-order chi connectivity index (χ1) is 14.2. The van der Waals surface area contributed by atoms with Crippen LogP contribution in [-0.4, -0.2) is 20.7 Å². The summed E-state index contributed by atoms with van der Waals surface area (Å²) < 4.78 is 13.7. The summed E-state index contributed by atoms with van der Waals surface area (Å²) in [5.41, 5.74) is 7.04. The fourth-order valence-corrected chi connectivity index (χ4v) is 4.56. The fraction of sp³-hybridized carbons (Fsp3) is 0.227. The normalized spacial score (nSPS) is 17.1. The van der Waals surface area contributed by atoms with E-state index in [1.54, 1.807) is 23.6 Å². The number of allylic oxidation sites excluding steroid dienone is 1. The first-order valence-corrected chi connectivity index (χ1v) is 10.5. The number of anilines is 1. The summed E-state index contributed by atoms with van der Waals surface area (Å²) in [6.45, 7) is 4.01. The molecule has 146 valence electrons. The zero-order chi connectivity index (χ0) is 19.8. The fourth-order valence-electron chi connectivity index (χ4n) is 3.86. The van der Waals surface area contributed by atoms with E-state index in [9.17, 15) is 4.39 Å². The highest BCUT2D eigenvalue weighted by Gasteiger charge is 2.21. The van der Waals surface area contributed by atoms with E-state index in [2.05, 4.69) is 26.8 Å². The minimum absolute atomic E-state index is 0.0344. The number of thiazole rings is 1. The number of aliphatic imine (C=N–C) groups is 1. The lowest BCUT2D eigenvalue weighted by molar-refractivity contribution is 0.588. The van der Waals surface area contributed by atoms with Crippen molar-refractivity contribution in [2.24, 2.45) is 4.99 Å². The number of fused-ring (bicyclic) bond motifs is 2. The summed E-state index contributed by atoms with van der Waals surface area (Å²) in [5.74, 6) is 0.728. The number of hydrogen-bond donors (Lipinski definition) is 2. The number of nitrogens with zero attached hydrogens (tertiary/aromatic N) is 3. The second-order valence-corrected chi connectivity index (χ2v) is 8.07. The van der Waals surface area contributed by atoms with E-state index in [-0.39, 0.29) is 5.83 Å². The van der Waals surface area contributed by atoms with Crippen LogP contribution in [0, 0.1) is 0 Å². The summed E-state index contributed by atoms with van der Waals surface area (Å²) >= 11 is 1.56. The number of hydrogen-bond acceptors (Lipinski definition) is 5. The number of aromatic nitrogens is 3. The highest BCUT2D eigenvalue weighted by molar-refractivity contribution is 7.14. The maximum Gasteiger partial charge on any atom is 0.140 e. The van der Waals surface area contributed by atoms with Gasteiger partial charge in [0, 0.05) is 35.3 Å². The Morgan fingerprint density at radius 2 is 2.14 bits per heavy atom. The Morgan fingerprint density at radius 1 is 1.21 bits per heavy atom. The van der Waals surface area contributed by atoms with Crippen LogP contribution in [-0.2, 0) is 12.8 Å². The Morgan fingerprint density at radius 3 is 3.03 bits per heavy atom. The van der Waals surface area contributed by atoms with Crippen molar-refractivity contribution in [3.63, 3.8) is 0 Å². The van der Waals surface area contributed by atoms with Gasteiger partial charge in [0.05, 0.1) is 16.6 Å². The van der Waals surface area contributed by atoms with Crippen molar-refractivity contribution in [1.82, 2.24) is 15.0 Å². The Balaban J connectivity index is 1.41. The average molecular weight is 406 g/mol. The van der Waals surface area contributed by atoms with E-state index >= 15 is 0 Å². The van der Waals surface area contributed by atoms with E-state index in [1.165, 1.54) is 5.56 Å². The molecule has 2 N–H and O–H groups in total. The molecule has 0 saturated heterocycles. The smallest absolute Gasteiger partial charge is 0.140 e. The van der Waals surface area contributed by atoms with Crippen LogP contribution in [0.3, 0.4) is 0 Å². The van der Waals surface area contributed by atoms with Crippen LogP contribution in [0.5, 0.6) is 0 Å². The summed E-state index contributed by atoms with van der Waals surface area (Å²) in [4.78, 5) is 16.9. The molecule has 0 bridgehead atoms. The number of aryl methyl sites for hydroxylation is 2. The van der Waals surface area contributed by atoms with Crippen LogP contribution in [0.25, 0.3) is 18.5 Å². The van der Waals surface area contributed by atoms with Crippen LogP contribution >= 0.6 is 11.3 Å². The monoisotopic (exact) mass is 405 g/mol. The lowest BCUT2D eigenvalue weighted by Crippen LogP contribution is -2.31. The third-order valence-corrected chi connectivity index (χ3v) is 6.07. The van der Waals surface area contributed by atoms with Gasteiger partial charge in [-0.05, 0) is 49.5 Å². The maximum atomic E-state index is 13.7. The molecule has 0 spiro atoms. The molecule has 0 saturated carbocycles. The molecule has 0 unspecified atom stereocenters. The van der Waals surface area contributed by atoms with Gasteiger partial charge in [-0.3, -0.25) is 4.98 Å². The first-order valence-electron chi connectivity index (χ1n) is 9.67. The van der Waals surface area contributed by atoms with Gasteiger partial charge in [0.25, 0.3) is 0 Å². The summed E-state index contributed by atoms with van der Waals surface area (Å²) in [7, 11) is 0. The Hall–Kier alpha value is -3.06. The molecule has 3 aromatic heterocycles. The number of nitrogens with one attached hydrogen (secondary N) is 2. The molecule has 0 aromatic carbocycles. The molecule has 7 heteroatoms. The number of aromatic amines is 1. The van der Waals surface area contributed by atoms with E-state index < -0.39 is 0 Å². The molecule has 4 heterocycles. The number of H-pyrrole nitrogens is 1. The maximum absolute atomic E-state index is 13.7. The van der Waals surface area contributed by atoms with Gasteiger partial charge >= 0.3 is 0 Å². The molecule has 5 nitrogen and oxygen atoms in total. The SMILES string of the molecule is C=c1ncccc1=C1N=C(CCCc2c[nH]c3c2C=C(F)CC3)c2ncsc2N1. The molecule has 1 aliphatic carbocycles. The van der Waals surface area contributed by atoms with Crippen molar-refractivity contribution in [3.05, 3.63) is 68.9 Å². The predicted molar refractivity (Wildman–Crippen MR) is 116 cm³/mol. The molecule has 0 radical (unpaired) electrons. The molecular formula is C22H20FN5S. The average Bonchev–Trinajstić information content (AvgIpc) is 3.35. The standard InChI is InChI=1S/C22H20FN5S/c1-13-16(5-3-9-24-13)21-27-19(20-22(28-21)29-12-26-20)6-2-4-14-11-25-18-8-7-15(23)10-17(14)18/h3,5,9-12,25,28H,1-2,4,6-8H2. The molecule has 1 aliphatic heterocycles. The number of halogens is 1. The second kappa shape index (κ2) is 7.40. The largest absolute Gasteiger partial charge is 0.364 e. The first kappa shape index (κ1) is 18.0. The third-order valence-electron chi connectivity index (χ3n) is 5.33. The Kier molecular flexibility index (Phi) is 4.60. The van der Waals surface area contributed by atoms with Gasteiger partial charge < -0.3 is 10.3 Å². The van der Waals surface area contributed by atoms with Gasteiger partial charge in [-0.15, -0.1) is 11.3 Å². The second-order valence-electron chi connectivity index (χ2n) is 7.21. The van der Waals surface area contributed by atoms with E-state index in [1.807, 2.05) is 23.8 Å². The number of rotatable bonds is 4. The van der Waals surface area contributed by atoms with E-state index in [4.69, 9.17) is 4.99 Å². The third kappa shape index (κ3) is 3.42. The summed E-state index contributed by atoms with van der Waals surface area (Å²) in [6.07, 6.45) is 9.22. The molecule has 0 amide bonds. The van der Waals surface area contributed by atoms with Crippen molar-refractivity contribution < 1.29 is 4.39 Å². The zero-order valence-electron chi connectivity index (χ0n) is 15.8. The van der Waals surface area contributed by atoms with Crippen molar-refractivity contribution >= 4 is 40.5 Å². The van der Waals surface area contributed by atoms with Crippen molar-refractivity contribution in [2.75, 3.05) is 5.32 Å². The van der Waals surface area contributed by atoms with Crippen molar-refractivity contribution in [2.45, 2.75) is 32.1 Å². The van der Waals surface area contributed by atoms with Crippen LogP contribution in [0.2, 0.25) is 0 Å². The molecule has 2 aliphatic rings. The minimum Gasteiger partial charge on any atom is -0.364 e. The van der Waals surface area contributed by atoms with E-state index in [0.717, 1.165) is 64.4 Å². The highest BCUT2D eigenvalue weighted by atomic mass is 32.1. The lowest BCUT2D eigenvalue weighted by atomic mass is 9.97. The molecule has 3 aromatic rings. The van der Waals surface area contributed by atoms with Crippen molar-refractivity contribution in [1.29, 1.82) is 0 Å². The van der Waals surface area contributed by atoms with Crippen LogP contribution in [0.1, 0.15) is 41.8 Å². The van der Waals surface area contributed by atoms with Crippen LogP contribution in [0.15, 0.2) is 40.9 Å². The quantitative estimate of drug-likeness (QED) is 0.698. The van der Waals surface area contributed by atoms with Gasteiger partial charge in [-0.1, -0.05) is 6.58 Å². The molecule has 0 fully saturated rings. The Labute approximate surface area is 171 Å². The predicted octanol–water partition coefficient (Wildman–Crippen LogP) is 3.54. The molecule has 0 atom stereocenters. The zero-order valence-corrected chi connectivity index (χ0v) is 16.7. The van der Waals surface area contributed by atoms with Gasteiger partial charge in [0.1, 0.15) is 22.3 Å². The molecule has 5 rings (SSSR count). The minimum atomic E-state index is -0.0344. The lowest BCUT2D eigenvalue weighted by Gasteiger charge is -2.16. The van der Waals surface area contributed by atoms with Crippen LogP contribution in [0.4, 0.5) is 9.39 Å². The highest BCUT2D eigenvalue weighted by Crippen LogP contribution is 2.30. The van der Waals surface area contributed by atoms with E-state index in [0.29, 0.717) is 11.8 Å². The summed E-state index contributed by atoms with van der Waals surface area (Å²) in [6, 6.07) is 3.86. The van der Waals surface area contributed by atoms with Gasteiger partial charge in [-0.2, -0.15) is 0 Å². The van der Waals surface area contributed by atoms with Crippen molar-refractivity contribution in [3.8, 4) is 0 Å². The van der Waals surface area contributed by atoms with Gasteiger partial charge in [0.15, 0.2) is 0 Å². The van der Waals surface area contributed by atoms with Gasteiger partial charge in [0.2, 0.25) is 0 Å². The summed E-state index contributed by atoms with van der Waals surface area (Å²) in [5, 5.41) is 5.95. The Bertz CT molecular complexity index is 1250. The molecular weight excluding hydrogens is 385 g/mol. The van der Waals surface area contributed by atoms with Gasteiger partial charge in [-0.25, -0.2) is 14.4 Å².